The minimum atomic E-state index is -0.596. The van der Waals surface area contributed by atoms with Crippen LogP contribution in [0.5, 0.6) is 11.5 Å². The van der Waals surface area contributed by atoms with Gasteiger partial charge < -0.3 is 39.7 Å². The molecule has 15 nitrogen and oxygen atoms in total. The van der Waals surface area contributed by atoms with Gasteiger partial charge in [0.05, 0.1) is 26.3 Å². The van der Waals surface area contributed by atoms with Crippen molar-refractivity contribution in [3.63, 3.8) is 0 Å². The summed E-state index contributed by atoms with van der Waals surface area (Å²) in [4.78, 5) is 59.6. The summed E-state index contributed by atoms with van der Waals surface area (Å²) >= 11 is 0. The fourth-order valence-electron chi connectivity index (χ4n) is 10.3. The van der Waals surface area contributed by atoms with E-state index in [1.54, 1.807) is 30.7 Å². The van der Waals surface area contributed by atoms with Gasteiger partial charge >= 0.3 is 0 Å². The summed E-state index contributed by atoms with van der Waals surface area (Å²) in [6.07, 6.45) is 5.41. The van der Waals surface area contributed by atoms with Crippen LogP contribution in [0.2, 0.25) is 0 Å². The first-order chi connectivity index (χ1) is 28.4. The summed E-state index contributed by atoms with van der Waals surface area (Å²) in [5.41, 5.74) is 13.1. The molecule has 4 fully saturated rings. The molecule has 0 bridgehead atoms. The number of nitrogens with one attached hydrogen (secondary N) is 2. The van der Waals surface area contributed by atoms with Gasteiger partial charge in [0.2, 0.25) is 11.8 Å². The van der Waals surface area contributed by atoms with E-state index in [1.807, 2.05) is 18.3 Å². The number of aryl methyl sites for hydroxylation is 1. The normalized spacial score (nSPS) is 22.1. The van der Waals surface area contributed by atoms with Gasteiger partial charge in [0, 0.05) is 132 Å². The van der Waals surface area contributed by atoms with Gasteiger partial charge in [-0.15, -0.1) is 0 Å². The van der Waals surface area contributed by atoms with E-state index in [4.69, 9.17) is 15.2 Å². The summed E-state index contributed by atoms with van der Waals surface area (Å²) in [5, 5.41) is 13.7. The number of anilines is 1. The van der Waals surface area contributed by atoms with Crippen molar-refractivity contribution in [2.75, 3.05) is 72.0 Å². The second-order valence-corrected chi connectivity index (χ2v) is 17.2. The monoisotopic (exact) mass is 898 g/mol. The van der Waals surface area contributed by atoms with Gasteiger partial charge in [0.15, 0.2) is 0 Å². The molecular formula is C44H57N8O7Y-. The van der Waals surface area contributed by atoms with Gasteiger partial charge in [-0.1, -0.05) is 6.07 Å². The van der Waals surface area contributed by atoms with Crippen LogP contribution in [0.1, 0.15) is 65.2 Å². The van der Waals surface area contributed by atoms with Crippen molar-refractivity contribution in [2.45, 2.75) is 70.7 Å². The molecule has 0 aliphatic carbocycles. The number of benzene rings is 2. The Morgan fingerprint density at radius 3 is 2.25 bits per heavy atom. The summed E-state index contributed by atoms with van der Waals surface area (Å²) in [6.45, 7) is 10.4. The maximum atomic E-state index is 13.4. The molecule has 1 spiro atoms. The van der Waals surface area contributed by atoms with Crippen molar-refractivity contribution < 1.29 is 61.8 Å². The van der Waals surface area contributed by atoms with Crippen LogP contribution in [-0.2, 0) is 75.4 Å². The van der Waals surface area contributed by atoms with Crippen molar-refractivity contribution in [1.82, 2.24) is 29.6 Å². The molecule has 3 amide bonds. The largest absolute Gasteiger partial charge is 0.680 e. The van der Waals surface area contributed by atoms with Crippen molar-refractivity contribution in [3.8, 4) is 22.6 Å². The minimum absolute atomic E-state index is 0. The number of hydrogen-bond acceptors (Lipinski definition) is 11. The molecule has 1 aromatic heterocycles. The van der Waals surface area contributed by atoms with Crippen LogP contribution < -0.4 is 25.2 Å². The number of nitrogens with zero attached hydrogens (tertiary/aromatic N) is 6. The van der Waals surface area contributed by atoms with Crippen LogP contribution in [0.4, 0.5) is 5.69 Å². The Hall–Kier alpha value is -3.70. The first kappa shape index (κ1) is 44.4. The number of methoxy groups -OCH3 is 2. The number of piperidine rings is 2. The summed E-state index contributed by atoms with van der Waals surface area (Å²) in [6, 6.07) is 10.1. The molecular weight excluding hydrogens is 841 g/mol. The fraction of sp³-hybridized carbons (Fsp3) is 0.545. The average molecular weight is 899 g/mol. The smallest absolute Gasteiger partial charge is 0.255 e. The number of fused-ring (bicyclic) bond motifs is 2. The SMILES string of the molecule is COc1cc(-c2cn(C)c(=O)c3c2CCN(O)C3)cc(OC)c1CN1CC(C(C)N2CCC3(CC2)CN(c2ccc4c(c2)C(=O)N(C2CCC(=O)NC2=O)C4)C3)C1.C[NH-].[Y]. The van der Waals surface area contributed by atoms with Crippen LogP contribution >= 0.6 is 0 Å². The fourth-order valence-corrected chi connectivity index (χ4v) is 10.3. The Kier molecular flexibility index (Phi) is 13.3. The quantitative estimate of drug-likeness (QED) is 0.302. The minimum Gasteiger partial charge on any atom is -0.680 e. The van der Waals surface area contributed by atoms with Crippen molar-refractivity contribution in [2.24, 2.45) is 18.4 Å². The third-order valence-electron chi connectivity index (χ3n) is 13.9. The first-order valence-electron chi connectivity index (χ1n) is 20.8. The molecule has 319 valence electrons. The van der Waals surface area contributed by atoms with Gasteiger partial charge in [-0.25, -0.2) is 0 Å². The third-order valence-corrected chi connectivity index (χ3v) is 13.9. The van der Waals surface area contributed by atoms with Crippen LogP contribution in [0.15, 0.2) is 41.3 Å². The predicted molar refractivity (Wildman–Crippen MR) is 223 cm³/mol. The molecule has 2 unspecified atom stereocenters. The maximum Gasteiger partial charge on any atom is 0.255 e. The molecule has 4 saturated heterocycles. The van der Waals surface area contributed by atoms with E-state index >= 15 is 0 Å². The molecule has 60 heavy (non-hydrogen) atoms. The molecule has 6 aliphatic rings. The number of hydrogen-bond donors (Lipinski definition) is 2. The number of pyridine rings is 1. The van der Waals surface area contributed by atoms with E-state index in [1.165, 1.54) is 12.1 Å². The van der Waals surface area contributed by atoms with Crippen LogP contribution in [-0.4, -0.2) is 126 Å². The first-order valence-corrected chi connectivity index (χ1v) is 20.8. The molecule has 2 aromatic carbocycles. The van der Waals surface area contributed by atoms with Crippen molar-refractivity contribution in [1.29, 1.82) is 0 Å². The molecule has 16 heteroatoms. The van der Waals surface area contributed by atoms with E-state index < -0.39 is 6.04 Å². The summed E-state index contributed by atoms with van der Waals surface area (Å²) in [5.74, 6) is 1.33. The van der Waals surface area contributed by atoms with Gasteiger partial charge in [-0.05, 0) is 92.6 Å². The van der Waals surface area contributed by atoms with E-state index in [0.717, 1.165) is 104 Å². The Bertz CT molecular complexity index is 2170. The molecule has 9 rings (SSSR count). The Labute approximate surface area is 376 Å². The van der Waals surface area contributed by atoms with E-state index in [2.05, 4.69) is 45.1 Å². The van der Waals surface area contributed by atoms with Crippen LogP contribution in [0.3, 0.4) is 0 Å². The second-order valence-electron chi connectivity index (χ2n) is 17.2. The standard InChI is InChI=1S/C43H53N7O7.CH4N.Y/c1-26(29-18-46(19-29)22-35-37(56-3)15-28(16-38(35)57-4)33-21-45(2)41(53)34-23-49(55)12-9-31(33)34)47-13-10-43(11-14-47)24-48(25-43)30-6-5-27-20-50(42(54)32(27)17-30)36-7-8-39(51)44-40(36)52;1-2;/h5-6,15-17,21,26,29,36,55H,7-14,18-20,22-25H2,1-4H3,(H,44,51,52);2H,1H3;/q;-1;. The number of amides is 3. The molecule has 0 saturated carbocycles. The van der Waals surface area contributed by atoms with Gasteiger partial charge in [0.1, 0.15) is 17.5 Å². The number of likely N-dealkylation sites (tertiary alicyclic amines) is 2. The molecule has 7 heterocycles. The number of ether oxygens (including phenoxy) is 2. The van der Waals surface area contributed by atoms with Gasteiger partial charge in [-0.3, -0.25) is 29.4 Å². The number of carbonyl (C=O) groups excluding carboxylic acids is 3. The van der Waals surface area contributed by atoms with Gasteiger partial charge in [0.25, 0.3) is 11.5 Å². The topological polar surface area (TPSA) is 164 Å². The molecule has 2 atom stereocenters. The number of carbonyl (C=O) groups is 3. The zero-order chi connectivity index (χ0) is 41.7. The van der Waals surface area contributed by atoms with Crippen LogP contribution in [0.25, 0.3) is 16.9 Å². The Morgan fingerprint density at radius 2 is 1.60 bits per heavy atom. The molecule has 1 radical (unpaired) electrons. The van der Waals surface area contributed by atoms with Crippen molar-refractivity contribution >= 4 is 23.4 Å². The van der Waals surface area contributed by atoms with Crippen molar-refractivity contribution in [3.05, 3.63) is 80.4 Å². The Morgan fingerprint density at radius 1 is 0.917 bits per heavy atom. The number of rotatable bonds is 9. The average Bonchev–Trinajstić information content (AvgIpc) is 3.54. The second kappa shape index (κ2) is 18.0. The number of aromatic nitrogens is 1. The number of hydroxylamine groups is 2. The van der Waals surface area contributed by atoms with E-state index in [-0.39, 0.29) is 69.0 Å². The van der Waals surface area contributed by atoms with Crippen LogP contribution in [0, 0.1) is 11.3 Å². The molecule has 6 aliphatic heterocycles. The van der Waals surface area contributed by atoms with E-state index in [0.29, 0.717) is 54.4 Å². The van der Waals surface area contributed by atoms with Gasteiger partial charge in [-0.2, -0.15) is 12.1 Å². The molecule has 3 aromatic rings. The zero-order valence-electron chi connectivity index (χ0n) is 35.5. The summed E-state index contributed by atoms with van der Waals surface area (Å²) in [7, 11) is 6.39. The zero-order valence-corrected chi connectivity index (χ0v) is 38.3. The molecule has 3 N–H and O–H groups in total. The maximum absolute atomic E-state index is 13.4. The number of imide groups is 1. The van der Waals surface area contributed by atoms with E-state index in [9.17, 15) is 24.4 Å². The third kappa shape index (κ3) is 8.18. The Balaban J connectivity index is 0.00000179. The summed E-state index contributed by atoms with van der Waals surface area (Å²) < 4.78 is 13.5. The predicted octanol–water partition coefficient (Wildman–Crippen LogP) is 3.67.